The van der Waals surface area contributed by atoms with Gasteiger partial charge in [0.15, 0.2) is 6.61 Å². The second-order valence-electron chi connectivity index (χ2n) is 6.07. The highest BCUT2D eigenvalue weighted by Crippen LogP contribution is 2.25. The summed E-state index contributed by atoms with van der Waals surface area (Å²) in [5, 5.41) is 3.64. The van der Waals surface area contributed by atoms with E-state index in [1.807, 2.05) is 51.1 Å². The summed E-state index contributed by atoms with van der Waals surface area (Å²) in [5.41, 5.74) is 3.48. The molecule has 128 valence electrons. The molecule has 0 aliphatic heterocycles. The third kappa shape index (κ3) is 3.88. The van der Waals surface area contributed by atoms with E-state index in [0.717, 1.165) is 22.1 Å². The maximum Gasteiger partial charge on any atom is 0.336 e. The standard InChI is InChI=1S/C20H19NO4/c1-12-5-4-6-15(7-12)24-11-19(22)21-17-10-16-13(2)9-20(23)25-18(16)8-14(17)3/h4-10H,11H2,1-3H3,(H,21,22). The van der Waals surface area contributed by atoms with Crippen molar-refractivity contribution < 1.29 is 13.9 Å². The summed E-state index contributed by atoms with van der Waals surface area (Å²) in [5.74, 6) is 0.405. The van der Waals surface area contributed by atoms with Crippen LogP contribution in [0.5, 0.6) is 5.75 Å². The van der Waals surface area contributed by atoms with Crippen molar-refractivity contribution in [3.63, 3.8) is 0 Å². The quantitative estimate of drug-likeness (QED) is 0.737. The van der Waals surface area contributed by atoms with E-state index in [2.05, 4.69) is 5.32 Å². The van der Waals surface area contributed by atoms with Gasteiger partial charge in [-0.1, -0.05) is 12.1 Å². The topological polar surface area (TPSA) is 68.5 Å². The maximum absolute atomic E-state index is 12.2. The van der Waals surface area contributed by atoms with Gasteiger partial charge < -0.3 is 14.5 Å². The number of carbonyl (C=O) groups is 1. The fourth-order valence-electron chi connectivity index (χ4n) is 2.64. The third-order valence-corrected chi connectivity index (χ3v) is 3.93. The molecule has 25 heavy (non-hydrogen) atoms. The Balaban J connectivity index is 1.76. The predicted octanol–water partition coefficient (Wildman–Crippen LogP) is 3.74. The summed E-state index contributed by atoms with van der Waals surface area (Å²) in [7, 11) is 0. The minimum atomic E-state index is -0.382. The van der Waals surface area contributed by atoms with Crippen LogP contribution < -0.4 is 15.7 Å². The van der Waals surface area contributed by atoms with Crippen molar-refractivity contribution in [2.75, 3.05) is 11.9 Å². The molecule has 5 nitrogen and oxygen atoms in total. The lowest BCUT2D eigenvalue weighted by atomic mass is 10.1. The molecule has 1 heterocycles. The predicted molar refractivity (Wildman–Crippen MR) is 97.3 cm³/mol. The third-order valence-electron chi connectivity index (χ3n) is 3.93. The average molecular weight is 337 g/mol. The Labute approximate surface area is 145 Å². The van der Waals surface area contributed by atoms with Gasteiger partial charge in [0.2, 0.25) is 0 Å². The highest BCUT2D eigenvalue weighted by Gasteiger charge is 2.10. The van der Waals surface area contributed by atoms with Crippen LogP contribution in [-0.4, -0.2) is 12.5 Å². The summed E-state index contributed by atoms with van der Waals surface area (Å²) in [4.78, 5) is 23.7. The molecule has 3 rings (SSSR count). The molecule has 2 aromatic carbocycles. The molecule has 0 bridgehead atoms. The molecule has 1 amide bonds. The van der Waals surface area contributed by atoms with Crippen LogP contribution in [0.1, 0.15) is 16.7 Å². The Bertz CT molecular complexity index is 1000. The summed E-state index contributed by atoms with van der Waals surface area (Å²) in [6, 6.07) is 12.5. The number of hydrogen-bond donors (Lipinski definition) is 1. The van der Waals surface area contributed by atoms with E-state index in [1.165, 1.54) is 6.07 Å². The fraction of sp³-hybridized carbons (Fsp3) is 0.200. The van der Waals surface area contributed by atoms with E-state index in [9.17, 15) is 9.59 Å². The second kappa shape index (κ2) is 6.81. The van der Waals surface area contributed by atoms with Crippen LogP contribution >= 0.6 is 0 Å². The normalized spacial score (nSPS) is 10.7. The molecule has 3 aromatic rings. The number of anilines is 1. The van der Waals surface area contributed by atoms with Crippen LogP contribution in [-0.2, 0) is 4.79 Å². The van der Waals surface area contributed by atoms with Gasteiger partial charge in [0.25, 0.3) is 5.91 Å². The van der Waals surface area contributed by atoms with Crippen LogP contribution in [0, 0.1) is 20.8 Å². The van der Waals surface area contributed by atoms with Crippen LogP contribution in [0.25, 0.3) is 11.0 Å². The Kier molecular flexibility index (Phi) is 4.57. The van der Waals surface area contributed by atoms with Crippen molar-refractivity contribution in [2.45, 2.75) is 20.8 Å². The molecule has 0 aliphatic rings. The highest BCUT2D eigenvalue weighted by molar-refractivity contribution is 5.95. The number of amides is 1. The first-order valence-electron chi connectivity index (χ1n) is 7.97. The van der Waals surface area contributed by atoms with E-state index < -0.39 is 0 Å². The summed E-state index contributed by atoms with van der Waals surface area (Å²) >= 11 is 0. The van der Waals surface area contributed by atoms with Gasteiger partial charge in [-0.15, -0.1) is 0 Å². The molecule has 1 aromatic heterocycles. The van der Waals surface area contributed by atoms with Crippen molar-refractivity contribution in [1.82, 2.24) is 0 Å². The van der Waals surface area contributed by atoms with Crippen molar-refractivity contribution >= 4 is 22.6 Å². The van der Waals surface area contributed by atoms with Gasteiger partial charge in [-0.25, -0.2) is 4.79 Å². The molecular formula is C20H19NO4. The number of nitrogens with one attached hydrogen (secondary N) is 1. The second-order valence-corrected chi connectivity index (χ2v) is 6.07. The first-order valence-corrected chi connectivity index (χ1v) is 7.97. The average Bonchev–Trinajstić information content (AvgIpc) is 2.54. The highest BCUT2D eigenvalue weighted by atomic mass is 16.5. The molecule has 5 heteroatoms. The Morgan fingerprint density at radius 1 is 1.08 bits per heavy atom. The molecule has 0 unspecified atom stereocenters. The van der Waals surface area contributed by atoms with Crippen molar-refractivity contribution in [3.05, 3.63) is 69.6 Å². The van der Waals surface area contributed by atoms with E-state index in [0.29, 0.717) is 17.0 Å². The maximum atomic E-state index is 12.2. The van der Waals surface area contributed by atoms with Crippen LogP contribution in [0.4, 0.5) is 5.69 Å². The molecule has 0 saturated heterocycles. The minimum Gasteiger partial charge on any atom is -0.484 e. The lowest BCUT2D eigenvalue weighted by Crippen LogP contribution is -2.20. The number of hydrogen-bond acceptors (Lipinski definition) is 4. The Hall–Kier alpha value is -3.08. The monoisotopic (exact) mass is 337 g/mol. The van der Waals surface area contributed by atoms with Gasteiger partial charge in [0.1, 0.15) is 11.3 Å². The van der Waals surface area contributed by atoms with Gasteiger partial charge in [0.05, 0.1) is 0 Å². The molecule has 0 fully saturated rings. The molecule has 0 aliphatic carbocycles. The number of rotatable bonds is 4. The summed E-state index contributed by atoms with van der Waals surface area (Å²) < 4.78 is 10.7. The summed E-state index contributed by atoms with van der Waals surface area (Å²) in [6.07, 6.45) is 0. The van der Waals surface area contributed by atoms with Gasteiger partial charge in [0, 0.05) is 17.1 Å². The van der Waals surface area contributed by atoms with Crippen molar-refractivity contribution in [1.29, 1.82) is 0 Å². The molecule has 0 saturated carbocycles. The first-order chi connectivity index (χ1) is 11.9. The van der Waals surface area contributed by atoms with Crippen LogP contribution in [0.2, 0.25) is 0 Å². The zero-order chi connectivity index (χ0) is 18.0. The van der Waals surface area contributed by atoms with Crippen LogP contribution in [0.3, 0.4) is 0 Å². The van der Waals surface area contributed by atoms with Crippen molar-refractivity contribution in [2.24, 2.45) is 0 Å². The van der Waals surface area contributed by atoms with E-state index in [1.54, 1.807) is 6.07 Å². The Morgan fingerprint density at radius 3 is 2.64 bits per heavy atom. The largest absolute Gasteiger partial charge is 0.484 e. The van der Waals surface area contributed by atoms with E-state index in [4.69, 9.17) is 9.15 Å². The Morgan fingerprint density at radius 2 is 1.88 bits per heavy atom. The van der Waals surface area contributed by atoms with Crippen LogP contribution in [0.15, 0.2) is 51.7 Å². The SMILES string of the molecule is Cc1cccc(OCC(=O)Nc2cc3c(C)cc(=O)oc3cc2C)c1. The number of benzene rings is 2. The number of ether oxygens (including phenoxy) is 1. The molecule has 0 atom stereocenters. The minimum absolute atomic E-state index is 0.0796. The number of carbonyl (C=O) groups excluding carboxylic acids is 1. The lowest BCUT2D eigenvalue weighted by molar-refractivity contribution is -0.118. The zero-order valence-electron chi connectivity index (χ0n) is 14.4. The number of aryl methyl sites for hydroxylation is 3. The molecule has 1 N–H and O–H groups in total. The summed E-state index contributed by atoms with van der Waals surface area (Å²) in [6.45, 7) is 5.57. The first kappa shape index (κ1) is 16.8. The van der Waals surface area contributed by atoms with Gasteiger partial charge in [-0.05, 0) is 61.7 Å². The number of fused-ring (bicyclic) bond motifs is 1. The molecule has 0 radical (unpaired) electrons. The molecular weight excluding hydrogens is 318 g/mol. The van der Waals surface area contributed by atoms with Gasteiger partial charge >= 0.3 is 5.63 Å². The zero-order valence-corrected chi connectivity index (χ0v) is 14.4. The smallest absolute Gasteiger partial charge is 0.336 e. The van der Waals surface area contributed by atoms with Crippen molar-refractivity contribution in [3.8, 4) is 5.75 Å². The van der Waals surface area contributed by atoms with E-state index >= 15 is 0 Å². The van der Waals surface area contributed by atoms with Gasteiger partial charge in [-0.3, -0.25) is 4.79 Å². The van der Waals surface area contributed by atoms with E-state index in [-0.39, 0.29) is 18.1 Å². The lowest BCUT2D eigenvalue weighted by Gasteiger charge is -2.11. The molecule has 0 spiro atoms. The fourth-order valence-corrected chi connectivity index (χ4v) is 2.64. The van der Waals surface area contributed by atoms with Gasteiger partial charge in [-0.2, -0.15) is 0 Å².